The second-order valence-corrected chi connectivity index (χ2v) is 7.78. The van der Waals surface area contributed by atoms with E-state index in [1.807, 2.05) is 6.07 Å². The summed E-state index contributed by atoms with van der Waals surface area (Å²) in [6.45, 7) is 0.108. The summed E-state index contributed by atoms with van der Waals surface area (Å²) in [5, 5.41) is 9.94. The van der Waals surface area contributed by atoms with Crippen molar-refractivity contribution in [2.45, 2.75) is 50.7 Å². The number of ether oxygens (including phenoxy) is 1. The Morgan fingerprint density at radius 3 is 2.75 bits per heavy atom. The van der Waals surface area contributed by atoms with E-state index in [0.717, 1.165) is 18.4 Å². The lowest BCUT2D eigenvalue weighted by Crippen LogP contribution is -2.34. The highest BCUT2D eigenvalue weighted by Crippen LogP contribution is 2.30. The SMILES string of the molecule is O=C(N[Si][C@@H](CC1CCCCC1)C(=O)O)OCc1cccc(Cl)c1. The molecule has 2 radical (unpaired) electrons. The molecular formula is C17H22ClNO4Si. The molecule has 1 amide bonds. The topological polar surface area (TPSA) is 75.6 Å². The molecule has 1 fully saturated rings. The van der Waals surface area contributed by atoms with Gasteiger partial charge in [0, 0.05) is 5.02 Å². The van der Waals surface area contributed by atoms with Gasteiger partial charge in [0.05, 0.1) is 5.54 Å². The van der Waals surface area contributed by atoms with Crippen LogP contribution in [-0.4, -0.2) is 26.9 Å². The summed E-state index contributed by atoms with van der Waals surface area (Å²) in [4.78, 5) is 25.8. The summed E-state index contributed by atoms with van der Waals surface area (Å²) in [7, 11) is -0.177. The Bertz CT molecular complexity index is 563. The van der Waals surface area contributed by atoms with Gasteiger partial charge in [0.2, 0.25) is 9.68 Å². The molecule has 1 aliphatic rings. The zero-order valence-corrected chi connectivity index (χ0v) is 15.2. The number of hydrogen-bond donors (Lipinski definition) is 2. The van der Waals surface area contributed by atoms with E-state index < -0.39 is 17.6 Å². The maximum Gasteiger partial charge on any atom is 0.399 e. The third kappa shape index (κ3) is 6.53. The van der Waals surface area contributed by atoms with Gasteiger partial charge in [-0.3, -0.25) is 4.79 Å². The fraction of sp³-hybridized carbons (Fsp3) is 0.529. The highest BCUT2D eigenvalue weighted by Gasteiger charge is 2.25. The van der Waals surface area contributed by atoms with Crippen LogP contribution in [0.25, 0.3) is 0 Å². The number of halogens is 1. The number of carboxylic acid groups (broad SMARTS) is 1. The third-order valence-electron chi connectivity index (χ3n) is 4.20. The van der Waals surface area contributed by atoms with Gasteiger partial charge in [-0.25, -0.2) is 4.79 Å². The Morgan fingerprint density at radius 2 is 2.08 bits per heavy atom. The van der Waals surface area contributed by atoms with E-state index in [2.05, 4.69) is 4.98 Å². The van der Waals surface area contributed by atoms with Crippen LogP contribution in [0.5, 0.6) is 0 Å². The van der Waals surface area contributed by atoms with Crippen LogP contribution < -0.4 is 4.98 Å². The van der Waals surface area contributed by atoms with Gasteiger partial charge in [0.1, 0.15) is 6.61 Å². The maximum atomic E-state index is 11.8. The maximum absolute atomic E-state index is 11.8. The molecule has 0 unspecified atom stereocenters. The average molecular weight is 368 g/mol. The molecule has 1 aliphatic carbocycles. The molecule has 130 valence electrons. The Hall–Kier alpha value is -1.53. The minimum atomic E-state index is -0.853. The van der Waals surface area contributed by atoms with Crippen molar-refractivity contribution >= 4 is 33.3 Å². The molecule has 2 rings (SSSR count). The van der Waals surface area contributed by atoms with Gasteiger partial charge in [-0.15, -0.1) is 0 Å². The van der Waals surface area contributed by atoms with Crippen LogP contribution in [0.2, 0.25) is 10.6 Å². The fourth-order valence-electron chi connectivity index (χ4n) is 2.94. The van der Waals surface area contributed by atoms with E-state index in [0.29, 0.717) is 17.4 Å². The summed E-state index contributed by atoms with van der Waals surface area (Å²) in [5.74, 6) is -0.398. The average Bonchev–Trinajstić information content (AvgIpc) is 2.57. The van der Waals surface area contributed by atoms with Gasteiger partial charge in [-0.05, 0) is 30.0 Å². The summed E-state index contributed by atoms with van der Waals surface area (Å²) in [6, 6.07) is 7.06. The largest absolute Gasteiger partial charge is 0.481 e. The molecule has 1 aromatic carbocycles. The van der Waals surface area contributed by atoms with Gasteiger partial charge in [-0.2, -0.15) is 0 Å². The van der Waals surface area contributed by atoms with Gasteiger partial charge >= 0.3 is 12.1 Å². The Morgan fingerprint density at radius 1 is 1.33 bits per heavy atom. The van der Waals surface area contributed by atoms with Crippen molar-refractivity contribution in [1.82, 2.24) is 4.98 Å². The predicted molar refractivity (Wildman–Crippen MR) is 93.1 cm³/mol. The predicted octanol–water partition coefficient (Wildman–Crippen LogP) is 4.03. The van der Waals surface area contributed by atoms with E-state index in [1.165, 1.54) is 19.3 Å². The first-order valence-corrected chi connectivity index (χ1v) is 9.65. The molecule has 0 heterocycles. The van der Waals surface area contributed by atoms with Gasteiger partial charge in [0.25, 0.3) is 0 Å². The smallest absolute Gasteiger partial charge is 0.399 e. The van der Waals surface area contributed by atoms with Crippen LogP contribution in [0.15, 0.2) is 24.3 Å². The molecule has 0 aromatic heterocycles. The number of rotatable bonds is 7. The zero-order valence-electron chi connectivity index (χ0n) is 13.5. The minimum Gasteiger partial charge on any atom is -0.481 e. The number of hydrogen-bond acceptors (Lipinski definition) is 3. The first kappa shape index (κ1) is 18.8. The summed E-state index contributed by atoms with van der Waals surface area (Å²) < 4.78 is 5.11. The molecule has 2 N–H and O–H groups in total. The lowest BCUT2D eigenvalue weighted by molar-refractivity contribution is -0.137. The number of aliphatic carboxylic acids is 1. The van der Waals surface area contributed by atoms with E-state index in [4.69, 9.17) is 16.3 Å². The number of carboxylic acids is 1. The minimum absolute atomic E-state index is 0.108. The van der Waals surface area contributed by atoms with E-state index in [1.54, 1.807) is 18.2 Å². The molecule has 24 heavy (non-hydrogen) atoms. The molecule has 0 bridgehead atoms. The van der Waals surface area contributed by atoms with Gasteiger partial charge in [-0.1, -0.05) is 55.8 Å². The van der Waals surface area contributed by atoms with Crippen LogP contribution >= 0.6 is 11.6 Å². The Balaban J connectivity index is 1.74. The van der Waals surface area contributed by atoms with E-state index in [9.17, 15) is 14.7 Å². The van der Waals surface area contributed by atoms with Gasteiger partial charge < -0.3 is 14.8 Å². The standard InChI is InChI=1S/C17H22ClNO4Si/c18-14-8-4-7-13(9-14)11-23-17(22)19-24-15(16(20)21)10-12-5-2-1-3-6-12/h4,7-9,12,15H,1-3,5-6,10-11H2,(H,19,22)(H,20,21)/t15-/m0/s1. The number of benzene rings is 1. The highest BCUT2D eigenvalue weighted by atomic mass is 35.5. The van der Waals surface area contributed by atoms with Crippen molar-refractivity contribution in [1.29, 1.82) is 0 Å². The number of carbonyl (C=O) groups is 2. The lowest BCUT2D eigenvalue weighted by Gasteiger charge is -2.24. The summed E-state index contributed by atoms with van der Waals surface area (Å²) >= 11 is 5.87. The molecule has 5 nitrogen and oxygen atoms in total. The molecule has 1 aromatic rings. The second-order valence-electron chi connectivity index (χ2n) is 6.11. The lowest BCUT2D eigenvalue weighted by atomic mass is 9.86. The van der Waals surface area contributed by atoms with E-state index >= 15 is 0 Å². The Labute approximate surface area is 149 Å². The first-order valence-electron chi connectivity index (χ1n) is 8.20. The number of amides is 1. The van der Waals surface area contributed by atoms with Crippen LogP contribution in [0.4, 0.5) is 4.79 Å². The number of nitrogens with one attached hydrogen (secondary N) is 1. The van der Waals surface area contributed by atoms with Crippen LogP contribution in [0.3, 0.4) is 0 Å². The summed E-state index contributed by atoms with van der Waals surface area (Å²) in [5.41, 5.74) is 0.254. The molecule has 0 saturated heterocycles. The third-order valence-corrected chi connectivity index (χ3v) is 5.61. The molecule has 7 heteroatoms. The van der Waals surface area contributed by atoms with Crippen LogP contribution in [0.1, 0.15) is 44.1 Å². The monoisotopic (exact) mass is 367 g/mol. The zero-order chi connectivity index (χ0) is 17.4. The molecule has 0 aliphatic heterocycles. The fourth-order valence-corrected chi connectivity index (χ4v) is 4.09. The molecule has 1 saturated carbocycles. The van der Waals surface area contributed by atoms with Crippen molar-refractivity contribution in [3.05, 3.63) is 34.9 Å². The first-order chi connectivity index (χ1) is 11.5. The summed E-state index contributed by atoms with van der Waals surface area (Å²) in [6.07, 6.45) is 5.81. The van der Waals surface area contributed by atoms with Crippen molar-refractivity contribution in [2.75, 3.05) is 0 Å². The van der Waals surface area contributed by atoms with Crippen LogP contribution in [-0.2, 0) is 16.1 Å². The quantitative estimate of drug-likeness (QED) is 0.713. The van der Waals surface area contributed by atoms with Gasteiger partial charge in [0.15, 0.2) is 0 Å². The molecule has 1 atom stereocenters. The van der Waals surface area contributed by atoms with Crippen molar-refractivity contribution in [2.24, 2.45) is 5.92 Å². The molecule has 0 spiro atoms. The number of carbonyl (C=O) groups excluding carboxylic acids is 1. The highest BCUT2D eigenvalue weighted by molar-refractivity contribution is 6.44. The van der Waals surface area contributed by atoms with E-state index in [-0.39, 0.29) is 16.3 Å². The second kappa shape index (κ2) is 9.69. The van der Waals surface area contributed by atoms with Crippen molar-refractivity contribution in [3.63, 3.8) is 0 Å². The normalized spacial score (nSPS) is 16.4. The van der Waals surface area contributed by atoms with Crippen molar-refractivity contribution in [3.8, 4) is 0 Å². The molecular weight excluding hydrogens is 346 g/mol. The van der Waals surface area contributed by atoms with Crippen molar-refractivity contribution < 1.29 is 19.4 Å². The van der Waals surface area contributed by atoms with Crippen LogP contribution in [0, 0.1) is 5.92 Å². The Kier molecular flexibility index (Phi) is 7.59.